The summed E-state index contributed by atoms with van der Waals surface area (Å²) in [5.74, 6) is 0. The van der Waals surface area contributed by atoms with Crippen molar-refractivity contribution in [1.82, 2.24) is 4.90 Å². The third kappa shape index (κ3) is 3.59. The van der Waals surface area contributed by atoms with Crippen molar-refractivity contribution < 1.29 is 4.79 Å². The van der Waals surface area contributed by atoms with Crippen LogP contribution in [0.3, 0.4) is 0 Å². The molecule has 2 amide bonds. The molecule has 0 fully saturated rings. The number of aryl methyl sites for hydroxylation is 2. The third-order valence-corrected chi connectivity index (χ3v) is 5.24. The zero-order valence-corrected chi connectivity index (χ0v) is 15.8. The highest BCUT2D eigenvalue weighted by Gasteiger charge is 2.31. The summed E-state index contributed by atoms with van der Waals surface area (Å²) in [6.07, 6.45) is 0.875. The fourth-order valence-electron chi connectivity index (χ4n) is 3.73. The highest BCUT2D eigenvalue weighted by molar-refractivity contribution is 5.90. The number of hydrogen-bond donors (Lipinski definition) is 1. The lowest BCUT2D eigenvalue weighted by Crippen LogP contribution is -2.43. The number of nitrogens with zero attached hydrogens (tertiary/aromatic N) is 1. The van der Waals surface area contributed by atoms with E-state index in [2.05, 4.69) is 60.8 Å². The molecule has 3 nitrogen and oxygen atoms in total. The van der Waals surface area contributed by atoms with Crippen molar-refractivity contribution in [3.05, 3.63) is 101 Å². The van der Waals surface area contributed by atoms with Crippen LogP contribution in [0.15, 0.2) is 72.8 Å². The Bertz CT molecular complexity index is 945. The Balaban J connectivity index is 1.68. The van der Waals surface area contributed by atoms with Crippen LogP contribution >= 0.6 is 0 Å². The first kappa shape index (κ1) is 17.3. The molecule has 27 heavy (non-hydrogen) atoms. The number of rotatable bonds is 2. The van der Waals surface area contributed by atoms with Gasteiger partial charge in [0.1, 0.15) is 0 Å². The molecule has 136 valence electrons. The van der Waals surface area contributed by atoms with E-state index in [-0.39, 0.29) is 12.1 Å². The van der Waals surface area contributed by atoms with Crippen LogP contribution in [0.1, 0.15) is 33.9 Å². The molecule has 0 aliphatic carbocycles. The second-order valence-corrected chi connectivity index (χ2v) is 7.25. The monoisotopic (exact) mass is 356 g/mol. The Morgan fingerprint density at radius 2 is 1.52 bits per heavy atom. The van der Waals surface area contributed by atoms with Crippen molar-refractivity contribution in [2.75, 3.05) is 11.9 Å². The quantitative estimate of drug-likeness (QED) is 0.647. The summed E-state index contributed by atoms with van der Waals surface area (Å²) in [4.78, 5) is 15.1. The summed E-state index contributed by atoms with van der Waals surface area (Å²) in [5, 5.41) is 3.07. The number of hydrogen-bond acceptors (Lipinski definition) is 1. The van der Waals surface area contributed by atoms with E-state index in [9.17, 15) is 4.79 Å². The Labute approximate surface area is 160 Å². The number of amides is 2. The van der Waals surface area contributed by atoms with Crippen LogP contribution in [-0.4, -0.2) is 17.5 Å². The Hall–Kier alpha value is -3.07. The largest absolute Gasteiger partial charge is 0.322 e. The molecule has 3 heteroatoms. The van der Waals surface area contributed by atoms with Crippen molar-refractivity contribution in [3.63, 3.8) is 0 Å². The molecule has 0 saturated heterocycles. The second kappa shape index (κ2) is 7.28. The topological polar surface area (TPSA) is 32.3 Å². The Morgan fingerprint density at radius 3 is 2.22 bits per heavy atom. The van der Waals surface area contributed by atoms with E-state index in [0.29, 0.717) is 6.54 Å². The van der Waals surface area contributed by atoms with E-state index in [0.717, 1.165) is 17.7 Å². The van der Waals surface area contributed by atoms with Gasteiger partial charge in [-0.15, -0.1) is 0 Å². The number of nitrogens with one attached hydrogen (secondary N) is 1. The van der Waals surface area contributed by atoms with Crippen molar-refractivity contribution in [1.29, 1.82) is 0 Å². The first-order valence-corrected chi connectivity index (χ1v) is 9.40. The SMILES string of the molecule is Cc1ccc(NC(=O)N2CCc3ccccc3[C@@H]2c2ccc(C)cc2)cc1. The van der Waals surface area contributed by atoms with Gasteiger partial charge in [-0.2, -0.15) is 0 Å². The molecule has 3 aromatic carbocycles. The first-order chi connectivity index (χ1) is 13.1. The van der Waals surface area contributed by atoms with Gasteiger partial charge in [0.2, 0.25) is 0 Å². The summed E-state index contributed by atoms with van der Waals surface area (Å²) in [5.41, 5.74) is 6.91. The predicted molar refractivity (Wildman–Crippen MR) is 110 cm³/mol. The fraction of sp³-hybridized carbons (Fsp3) is 0.208. The minimum atomic E-state index is -0.0685. The van der Waals surface area contributed by atoms with Gasteiger partial charge in [-0.1, -0.05) is 71.8 Å². The molecule has 3 aromatic rings. The molecule has 1 aliphatic heterocycles. The van der Waals surface area contributed by atoms with E-state index in [1.807, 2.05) is 36.1 Å². The van der Waals surface area contributed by atoms with Crippen LogP contribution in [0, 0.1) is 13.8 Å². The van der Waals surface area contributed by atoms with Gasteiger partial charge in [0.25, 0.3) is 0 Å². The van der Waals surface area contributed by atoms with Crippen LogP contribution in [0.25, 0.3) is 0 Å². The molecule has 0 radical (unpaired) electrons. The minimum absolute atomic E-state index is 0.0565. The summed E-state index contributed by atoms with van der Waals surface area (Å²) < 4.78 is 0. The molecule has 1 aliphatic rings. The molecule has 1 heterocycles. The number of anilines is 1. The molecule has 0 unspecified atom stereocenters. The summed E-state index contributed by atoms with van der Waals surface area (Å²) in [6, 6.07) is 24.7. The van der Waals surface area contributed by atoms with E-state index in [1.54, 1.807) is 0 Å². The van der Waals surface area contributed by atoms with Gasteiger partial charge >= 0.3 is 6.03 Å². The fourth-order valence-corrected chi connectivity index (χ4v) is 3.73. The maximum Gasteiger partial charge on any atom is 0.322 e. The maximum atomic E-state index is 13.1. The smallest absolute Gasteiger partial charge is 0.313 e. The average Bonchev–Trinajstić information content (AvgIpc) is 2.69. The molecule has 0 spiro atoms. The zero-order valence-electron chi connectivity index (χ0n) is 15.8. The third-order valence-electron chi connectivity index (χ3n) is 5.24. The van der Waals surface area contributed by atoms with E-state index >= 15 is 0 Å². The molecule has 0 bridgehead atoms. The second-order valence-electron chi connectivity index (χ2n) is 7.25. The first-order valence-electron chi connectivity index (χ1n) is 9.40. The number of benzene rings is 3. The summed E-state index contributed by atoms with van der Waals surface area (Å²) in [7, 11) is 0. The summed E-state index contributed by atoms with van der Waals surface area (Å²) >= 11 is 0. The van der Waals surface area contributed by atoms with Gasteiger partial charge in [0, 0.05) is 12.2 Å². The van der Waals surface area contributed by atoms with Crippen LogP contribution in [-0.2, 0) is 6.42 Å². The summed E-state index contributed by atoms with van der Waals surface area (Å²) in [6.45, 7) is 4.83. The minimum Gasteiger partial charge on any atom is -0.313 e. The van der Waals surface area contributed by atoms with Crippen molar-refractivity contribution in [3.8, 4) is 0 Å². The normalized spacial score (nSPS) is 15.9. The van der Waals surface area contributed by atoms with Gasteiger partial charge in [0.15, 0.2) is 0 Å². The number of carbonyl (C=O) groups excluding carboxylic acids is 1. The predicted octanol–water partition coefficient (Wildman–Crippen LogP) is 5.48. The van der Waals surface area contributed by atoms with Gasteiger partial charge in [-0.05, 0) is 49.1 Å². The Kier molecular flexibility index (Phi) is 4.68. The molecule has 4 rings (SSSR count). The maximum absolute atomic E-state index is 13.1. The van der Waals surface area contributed by atoms with Crippen molar-refractivity contribution in [2.45, 2.75) is 26.3 Å². The lowest BCUT2D eigenvalue weighted by molar-refractivity contribution is 0.194. The molecule has 1 N–H and O–H groups in total. The van der Waals surface area contributed by atoms with Crippen molar-refractivity contribution in [2.24, 2.45) is 0 Å². The van der Waals surface area contributed by atoms with Gasteiger partial charge in [-0.25, -0.2) is 4.79 Å². The lowest BCUT2D eigenvalue weighted by atomic mass is 9.88. The van der Waals surface area contributed by atoms with Crippen LogP contribution in [0.4, 0.5) is 10.5 Å². The van der Waals surface area contributed by atoms with E-state index in [4.69, 9.17) is 0 Å². The van der Waals surface area contributed by atoms with E-state index in [1.165, 1.54) is 22.3 Å². The average molecular weight is 356 g/mol. The molecule has 0 saturated carbocycles. The standard InChI is InChI=1S/C24H24N2O/c1-17-7-11-20(12-8-17)23-22-6-4-3-5-19(22)15-16-26(23)24(27)25-21-13-9-18(2)10-14-21/h3-14,23H,15-16H2,1-2H3,(H,25,27)/t23-/m0/s1. The molecule has 1 atom stereocenters. The van der Waals surface area contributed by atoms with E-state index < -0.39 is 0 Å². The highest BCUT2D eigenvalue weighted by Crippen LogP contribution is 2.35. The highest BCUT2D eigenvalue weighted by atomic mass is 16.2. The van der Waals surface area contributed by atoms with Gasteiger partial charge < -0.3 is 10.2 Å². The van der Waals surface area contributed by atoms with Crippen LogP contribution in [0.2, 0.25) is 0 Å². The number of carbonyl (C=O) groups is 1. The lowest BCUT2D eigenvalue weighted by Gasteiger charge is -2.37. The van der Waals surface area contributed by atoms with Crippen molar-refractivity contribution >= 4 is 11.7 Å². The van der Waals surface area contributed by atoms with Gasteiger partial charge in [-0.3, -0.25) is 0 Å². The van der Waals surface area contributed by atoms with Gasteiger partial charge in [0.05, 0.1) is 6.04 Å². The Morgan fingerprint density at radius 1 is 0.889 bits per heavy atom. The molecular weight excluding hydrogens is 332 g/mol. The molecule has 0 aromatic heterocycles. The zero-order chi connectivity index (χ0) is 18.8. The molecular formula is C24H24N2O. The number of fused-ring (bicyclic) bond motifs is 1. The van der Waals surface area contributed by atoms with Crippen LogP contribution < -0.4 is 5.32 Å². The van der Waals surface area contributed by atoms with Crippen LogP contribution in [0.5, 0.6) is 0 Å². The number of urea groups is 1.